The van der Waals surface area contributed by atoms with E-state index in [2.05, 4.69) is 9.97 Å². The van der Waals surface area contributed by atoms with E-state index in [1.807, 2.05) is 13.0 Å². The average molecular weight is 265 g/mol. The highest BCUT2D eigenvalue weighted by atomic mass is 32.1. The van der Waals surface area contributed by atoms with Crippen LogP contribution in [0.3, 0.4) is 0 Å². The van der Waals surface area contributed by atoms with Crippen molar-refractivity contribution in [1.82, 2.24) is 9.97 Å². The third-order valence-electron chi connectivity index (χ3n) is 2.98. The SMILES string of the molecule is Cc1cc2c(OCC3CCOC3)nc(N)nc2s1. The fourth-order valence-corrected chi connectivity index (χ4v) is 2.93. The van der Waals surface area contributed by atoms with Crippen LogP contribution in [0, 0.1) is 12.8 Å². The first-order valence-electron chi connectivity index (χ1n) is 5.96. The van der Waals surface area contributed by atoms with E-state index in [-0.39, 0.29) is 5.95 Å². The van der Waals surface area contributed by atoms with Gasteiger partial charge in [0.15, 0.2) is 0 Å². The van der Waals surface area contributed by atoms with Gasteiger partial charge in [-0.3, -0.25) is 0 Å². The number of rotatable bonds is 3. The van der Waals surface area contributed by atoms with E-state index in [0.717, 1.165) is 29.9 Å². The van der Waals surface area contributed by atoms with E-state index in [0.29, 0.717) is 18.4 Å². The van der Waals surface area contributed by atoms with Gasteiger partial charge >= 0.3 is 0 Å². The van der Waals surface area contributed by atoms with Crippen LogP contribution in [0.4, 0.5) is 5.95 Å². The molecule has 1 atom stereocenters. The maximum atomic E-state index is 5.79. The standard InChI is InChI=1S/C12H15N3O2S/c1-7-4-9-10(14-12(13)15-11(9)18-7)17-6-8-2-3-16-5-8/h4,8H,2-3,5-6H2,1H3,(H2,13,14,15). The summed E-state index contributed by atoms with van der Waals surface area (Å²) in [5.74, 6) is 1.31. The number of ether oxygens (including phenoxy) is 2. The zero-order valence-electron chi connectivity index (χ0n) is 10.2. The molecule has 2 aromatic heterocycles. The first-order valence-corrected chi connectivity index (χ1v) is 6.78. The lowest BCUT2D eigenvalue weighted by Crippen LogP contribution is -2.13. The molecule has 1 aliphatic heterocycles. The van der Waals surface area contributed by atoms with Gasteiger partial charge in [-0.2, -0.15) is 4.98 Å². The summed E-state index contributed by atoms with van der Waals surface area (Å²) in [4.78, 5) is 10.5. The molecule has 1 saturated heterocycles. The summed E-state index contributed by atoms with van der Waals surface area (Å²) in [6.45, 7) is 4.26. The number of thiophene rings is 1. The average Bonchev–Trinajstić information content (AvgIpc) is 2.93. The number of aryl methyl sites for hydroxylation is 1. The van der Waals surface area contributed by atoms with Crippen molar-refractivity contribution in [3.05, 3.63) is 10.9 Å². The van der Waals surface area contributed by atoms with Crippen molar-refractivity contribution in [2.24, 2.45) is 5.92 Å². The number of fused-ring (bicyclic) bond motifs is 1. The van der Waals surface area contributed by atoms with Gasteiger partial charge in [-0.25, -0.2) is 4.98 Å². The van der Waals surface area contributed by atoms with Crippen LogP contribution in [0.1, 0.15) is 11.3 Å². The van der Waals surface area contributed by atoms with Gasteiger partial charge in [0.1, 0.15) is 4.83 Å². The molecule has 0 bridgehead atoms. The second-order valence-electron chi connectivity index (χ2n) is 4.50. The van der Waals surface area contributed by atoms with Gasteiger partial charge < -0.3 is 15.2 Å². The second-order valence-corrected chi connectivity index (χ2v) is 5.74. The second kappa shape index (κ2) is 4.70. The molecule has 18 heavy (non-hydrogen) atoms. The maximum Gasteiger partial charge on any atom is 0.227 e. The lowest BCUT2D eigenvalue weighted by Gasteiger charge is -2.10. The normalized spacial score (nSPS) is 19.5. The Bertz CT molecular complexity index is 564. The number of nitrogens with two attached hydrogens (primary N) is 1. The number of anilines is 1. The van der Waals surface area contributed by atoms with Crippen molar-refractivity contribution in [3.63, 3.8) is 0 Å². The van der Waals surface area contributed by atoms with E-state index in [1.54, 1.807) is 11.3 Å². The summed E-state index contributed by atoms with van der Waals surface area (Å²) in [5, 5.41) is 0.950. The third kappa shape index (κ3) is 2.26. The minimum absolute atomic E-state index is 0.266. The molecule has 1 fully saturated rings. The minimum atomic E-state index is 0.266. The van der Waals surface area contributed by atoms with Crippen LogP contribution < -0.4 is 10.5 Å². The molecule has 1 unspecified atom stereocenters. The Morgan fingerprint density at radius 3 is 3.22 bits per heavy atom. The van der Waals surface area contributed by atoms with E-state index < -0.39 is 0 Å². The van der Waals surface area contributed by atoms with Crippen LogP contribution >= 0.6 is 11.3 Å². The van der Waals surface area contributed by atoms with Gasteiger partial charge in [-0.1, -0.05) is 0 Å². The topological polar surface area (TPSA) is 70.3 Å². The van der Waals surface area contributed by atoms with Gasteiger partial charge in [0.05, 0.1) is 18.6 Å². The van der Waals surface area contributed by atoms with Crippen LogP contribution in [0.25, 0.3) is 10.2 Å². The highest BCUT2D eigenvalue weighted by Gasteiger charge is 2.18. The van der Waals surface area contributed by atoms with Crippen molar-refractivity contribution < 1.29 is 9.47 Å². The van der Waals surface area contributed by atoms with Crippen molar-refractivity contribution in [3.8, 4) is 5.88 Å². The van der Waals surface area contributed by atoms with Gasteiger partial charge in [0.25, 0.3) is 0 Å². The molecule has 0 spiro atoms. The predicted octanol–water partition coefficient (Wildman–Crippen LogP) is 2.00. The number of nitrogen functional groups attached to an aromatic ring is 1. The Kier molecular flexibility index (Phi) is 3.05. The van der Waals surface area contributed by atoms with E-state index >= 15 is 0 Å². The van der Waals surface area contributed by atoms with Crippen molar-refractivity contribution in [2.75, 3.05) is 25.6 Å². The van der Waals surface area contributed by atoms with Crippen molar-refractivity contribution in [2.45, 2.75) is 13.3 Å². The van der Waals surface area contributed by atoms with Gasteiger partial charge in [-0.05, 0) is 19.4 Å². The molecule has 6 heteroatoms. The molecule has 1 aliphatic rings. The summed E-state index contributed by atoms with van der Waals surface area (Å²) >= 11 is 1.60. The monoisotopic (exact) mass is 265 g/mol. The van der Waals surface area contributed by atoms with Crippen LogP contribution in [-0.4, -0.2) is 29.8 Å². The maximum absolute atomic E-state index is 5.79. The summed E-state index contributed by atoms with van der Waals surface area (Å²) < 4.78 is 11.1. The van der Waals surface area contributed by atoms with Gasteiger partial charge in [0.2, 0.25) is 11.8 Å². The van der Waals surface area contributed by atoms with E-state index in [4.69, 9.17) is 15.2 Å². The zero-order valence-corrected chi connectivity index (χ0v) is 11.0. The molecule has 2 aromatic rings. The third-order valence-corrected chi connectivity index (χ3v) is 3.92. The number of nitrogens with zero attached hydrogens (tertiary/aromatic N) is 2. The molecule has 3 heterocycles. The minimum Gasteiger partial charge on any atom is -0.477 e. The van der Waals surface area contributed by atoms with Crippen molar-refractivity contribution >= 4 is 27.5 Å². The molecule has 96 valence electrons. The Morgan fingerprint density at radius 1 is 1.56 bits per heavy atom. The lowest BCUT2D eigenvalue weighted by atomic mass is 10.1. The fraction of sp³-hybridized carbons (Fsp3) is 0.500. The van der Waals surface area contributed by atoms with Crippen LogP contribution in [0.15, 0.2) is 6.07 Å². The Morgan fingerprint density at radius 2 is 2.44 bits per heavy atom. The van der Waals surface area contributed by atoms with E-state index in [1.165, 1.54) is 4.88 Å². The summed E-state index contributed by atoms with van der Waals surface area (Å²) in [7, 11) is 0. The zero-order chi connectivity index (χ0) is 12.5. The van der Waals surface area contributed by atoms with Crippen LogP contribution in [-0.2, 0) is 4.74 Å². The lowest BCUT2D eigenvalue weighted by molar-refractivity contribution is 0.166. The fourth-order valence-electron chi connectivity index (χ4n) is 2.05. The first-order chi connectivity index (χ1) is 8.72. The number of hydrogen-bond acceptors (Lipinski definition) is 6. The predicted molar refractivity (Wildman–Crippen MR) is 71.0 cm³/mol. The Balaban J connectivity index is 1.85. The largest absolute Gasteiger partial charge is 0.477 e. The van der Waals surface area contributed by atoms with Crippen LogP contribution in [0.5, 0.6) is 5.88 Å². The molecular weight excluding hydrogens is 250 g/mol. The molecule has 3 rings (SSSR count). The molecule has 0 amide bonds. The summed E-state index contributed by atoms with van der Waals surface area (Å²) in [6.07, 6.45) is 1.05. The molecule has 0 aromatic carbocycles. The van der Waals surface area contributed by atoms with Gasteiger partial charge in [-0.15, -0.1) is 11.3 Å². The number of hydrogen-bond donors (Lipinski definition) is 1. The highest BCUT2D eigenvalue weighted by molar-refractivity contribution is 7.18. The summed E-state index contributed by atoms with van der Waals surface area (Å²) in [5.41, 5.74) is 5.70. The molecule has 0 aliphatic carbocycles. The molecule has 5 nitrogen and oxygen atoms in total. The molecule has 0 radical (unpaired) electrons. The quantitative estimate of drug-likeness (QED) is 0.919. The smallest absolute Gasteiger partial charge is 0.227 e. The van der Waals surface area contributed by atoms with Gasteiger partial charge in [0, 0.05) is 17.4 Å². The molecule has 2 N–H and O–H groups in total. The van der Waals surface area contributed by atoms with Crippen molar-refractivity contribution in [1.29, 1.82) is 0 Å². The molecule has 0 saturated carbocycles. The Labute approximate surface area is 109 Å². The summed E-state index contributed by atoms with van der Waals surface area (Å²) in [6, 6.07) is 2.04. The molecular formula is C12H15N3O2S. The first kappa shape index (κ1) is 11.7. The Hall–Kier alpha value is -1.40. The van der Waals surface area contributed by atoms with E-state index in [9.17, 15) is 0 Å². The number of aromatic nitrogens is 2. The van der Waals surface area contributed by atoms with Crippen LogP contribution in [0.2, 0.25) is 0 Å². The highest BCUT2D eigenvalue weighted by Crippen LogP contribution is 2.30.